The van der Waals surface area contributed by atoms with Crippen LogP contribution in [-0.2, 0) is 0 Å². The first-order valence-corrected chi connectivity index (χ1v) is 7.73. The van der Waals surface area contributed by atoms with Crippen LogP contribution in [-0.4, -0.2) is 29.4 Å². The van der Waals surface area contributed by atoms with Gasteiger partial charge in [-0.05, 0) is 36.2 Å². The van der Waals surface area contributed by atoms with Crippen LogP contribution in [0.15, 0.2) is 60.8 Å². The Morgan fingerprint density at radius 2 is 1.82 bits per heavy atom. The van der Waals surface area contributed by atoms with Crippen molar-refractivity contribution < 1.29 is 5.11 Å². The van der Waals surface area contributed by atoms with Gasteiger partial charge in [0.2, 0.25) is 0 Å². The summed E-state index contributed by atoms with van der Waals surface area (Å²) in [7, 11) is 1.83. The Bertz CT molecular complexity index is 768. The molecule has 114 valence electrons. The molecule has 1 heterocycles. The quantitative estimate of drug-likeness (QED) is 0.756. The highest BCUT2D eigenvalue weighted by Gasteiger charge is 2.25. The van der Waals surface area contributed by atoms with E-state index in [9.17, 15) is 5.11 Å². The van der Waals surface area contributed by atoms with Crippen LogP contribution < -0.4 is 5.32 Å². The zero-order valence-corrected chi connectivity index (χ0v) is 13.2. The number of hydrogen-bond acceptors (Lipinski definition) is 2. The smallest absolute Gasteiger partial charge is 0.0913 e. The molecule has 22 heavy (non-hydrogen) atoms. The van der Waals surface area contributed by atoms with Crippen molar-refractivity contribution in [2.75, 3.05) is 13.6 Å². The first-order valence-electron chi connectivity index (χ1n) is 7.35. The van der Waals surface area contributed by atoms with Crippen molar-refractivity contribution in [1.82, 2.24) is 9.88 Å². The van der Waals surface area contributed by atoms with Gasteiger partial charge in [-0.3, -0.25) is 0 Å². The molecule has 0 bridgehead atoms. The third-order valence-corrected chi connectivity index (χ3v) is 4.28. The molecule has 0 amide bonds. The summed E-state index contributed by atoms with van der Waals surface area (Å²) in [6.07, 6.45) is 1.43. The lowest BCUT2D eigenvalue weighted by molar-refractivity contribution is 0.132. The SMILES string of the molecule is CNCC(O)C(c1ccccc1Cl)n1ccc2ccccc21. The molecule has 2 N–H and O–H groups in total. The largest absolute Gasteiger partial charge is 0.389 e. The van der Waals surface area contributed by atoms with E-state index >= 15 is 0 Å². The molecule has 0 aliphatic rings. The summed E-state index contributed by atoms with van der Waals surface area (Å²) in [6.45, 7) is 0.488. The molecular formula is C18H19ClN2O. The van der Waals surface area contributed by atoms with Crippen molar-refractivity contribution >= 4 is 22.5 Å². The first kappa shape index (κ1) is 15.1. The third-order valence-electron chi connectivity index (χ3n) is 3.93. The number of aliphatic hydroxyl groups excluding tert-OH is 1. The monoisotopic (exact) mass is 314 g/mol. The topological polar surface area (TPSA) is 37.2 Å². The predicted octanol–water partition coefficient (Wildman–Crippen LogP) is 3.46. The van der Waals surface area contributed by atoms with E-state index in [0.29, 0.717) is 11.6 Å². The maximum Gasteiger partial charge on any atom is 0.0913 e. The van der Waals surface area contributed by atoms with Crippen LogP contribution in [0.3, 0.4) is 0 Å². The number of hydrogen-bond donors (Lipinski definition) is 2. The van der Waals surface area contributed by atoms with Crippen molar-refractivity contribution in [3.63, 3.8) is 0 Å². The Morgan fingerprint density at radius 1 is 1.09 bits per heavy atom. The molecule has 0 saturated carbocycles. The van der Waals surface area contributed by atoms with E-state index in [4.69, 9.17) is 11.6 Å². The van der Waals surface area contributed by atoms with E-state index in [1.165, 1.54) is 0 Å². The minimum absolute atomic E-state index is 0.235. The molecule has 3 nitrogen and oxygen atoms in total. The van der Waals surface area contributed by atoms with Gasteiger partial charge >= 0.3 is 0 Å². The van der Waals surface area contributed by atoms with E-state index in [1.807, 2.05) is 49.6 Å². The molecule has 0 saturated heterocycles. The third kappa shape index (κ3) is 2.75. The van der Waals surface area contributed by atoms with Gasteiger partial charge in [0.05, 0.1) is 12.1 Å². The average molecular weight is 315 g/mol. The fourth-order valence-corrected chi connectivity index (χ4v) is 3.17. The molecule has 0 spiro atoms. The Morgan fingerprint density at radius 3 is 2.59 bits per heavy atom. The van der Waals surface area contributed by atoms with E-state index < -0.39 is 6.10 Å². The Labute approximate surface area is 135 Å². The van der Waals surface area contributed by atoms with E-state index in [2.05, 4.69) is 28.1 Å². The number of nitrogens with zero attached hydrogens (tertiary/aromatic N) is 1. The molecule has 2 unspecified atom stereocenters. The average Bonchev–Trinajstić information content (AvgIpc) is 2.94. The van der Waals surface area contributed by atoms with E-state index in [0.717, 1.165) is 16.5 Å². The number of fused-ring (bicyclic) bond motifs is 1. The van der Waals surface area contributed by atoms with Gasteiger partial charge in [-0.2, -0.15) is 0 Å². The maximum absolute atomic E-state index is 10.7. The van der Waals surface area contributed by atoms with Gasteiger partial charge in [-0.1, -0.05) is 48.0 Å². The molecular weight excluding hydrogens is 296 g/mol. The normalized spacial score (nSPS) is 14.1. The number of halogens is 1. The first-order chi connectivity index (χ1) is 10.7. The molecule has 0 fully saturated rings. The van der Waals surface area contributed by atoms with Crippen molar-refractivity contribution in [3.8, 4) is 0 Å². The standard InChI is InChI=1S/C18H19ClN2O/c1-20-12-17(22)18(14-7-3-4-8-15(14)19)21-11-10-13-6-2-5-9-16(13)21/h2-11,17-18,20,22H,12H2,1H3. The lowest BCUT2D eigenvalue weighted by Crippen LogP contribution is -2.33. The number of para-hydroxylation sites is 1. The van der Waals surface area contributed by atoms with Crippen LogP contribution in [0.5, 0.6) is 0 Å². The second-order valence-electron chi connectivity index (χ2n) is 5.37. The summed E-state index contributed by atoms with van der Waals surface area (Å²) in [5, 5.41) is 15.5. The summed E-state index contributed by atoms with van der Waals surface area (Å²) in [4.78, 5) is 0. The number of aromatic nitrogens is 1. The molecule has 3 aromatic rings. The minimum Gasteiger partial charge on any atom is -0.389 e. The summed E-state index contributed by atoms with van der Waals surface area (Å²) in [6, 6.07) is 17.7. The minimum atomic E-state index is -0.583. The molecule has 0 aliphatic heterocycles. The van der Waals surface area contributed by atoms with Crippen molar-refractivity contribution in [2.45, 2.75) is 12.1 Å². The molecule has 4 heteroatoms. The van der Waals surface area contributed by atoms with Crippen LogP contribution in [0.1, 0.15) is 11.6 Å². The van der Waals surface area contributed by atoms with Gasteiger partial charge in [-0.25, -0.2) is 0 Å². The van der Waals surface area contributed by atoms with Crippen molar-refractivity contribution in [1.29, 1.82) is 0 Å². The molecule has 2 aromatic carbocycles. The Hall–Kier alpha value is -1.81. The Kier molecular flexibility index (Phi) is 4.48. The highest BCUT2D eigenvalue weighted by atomic mass is 35.5. The van der Waals surface area contributed by atoms with Gasteiger partial charge in [-0.15, -0.1) is 0 Å². The van der Waals surface area contributed by atoms with Gasteiger partial charge in [0.1, 0.15) is 0 Å². The van der Waals surface area contributed by atoms with Gasteiger partial charge in [0.15, 0.2) is 0 Å². The second-order valence-corrected chi connectivity index (χ2v) is 5.78. The van der Waals surface area contributed by atoms with Crippen molar-refractivity contribution in [3.05, 3.63) is 71.4 Å². The lowest BCUT2D eigenvalue weighted by Gasteiger charge is -2.27. The van der Waals surface area contributed by atoms with Crippen LogP contribution >= 0.6 is 11.6 Å². The van der Waals surface area contributed by atoms with Crippen LogP contribution in [0.4, 0.5) is 0 Å². The number of nitrogens with one attached hydrogen (secondary N) is 1. The fraction of sp³-hybridized carbons (Fsp3) is 0.222. The summed E-state index contributed by atoms with van der Waals surface area (Å²) in [5.41, 5.74) is 2.01. The fourth-order valence-electron chi connectivity index (χ4n) is 2.93. The number of likely N-dealkylation sites (N-methyl/N-ethyl adjacent to an activating group) is 1. The lowest BCUT2D eigenvalue weighted by atomic mass is 10.0. The molecule has 0 radical (unpaired) electrons. The zero-order valence-electron chi connectivity index (χ0n) is 12.4. The zero-order chi connectivity index (χ0) is 15.5. The maximum atomic E-state index is 10.7. The highest BCUT2D eigenvalue weighted by Crippen LogP contribution is 2.31. The summed E-state index contributed by atoms with van der Waals surface area (Å²) < 4.78 is 2.10. The molecule has 1 aromatic heterocycles. The highest BCUT2D eigenvalue weighted by molar-refractivity contribution is 6.31. The second kappa shape index (κ2) is 6.53. The predicted molar refractivity (Wildman–Crippen MR) is 91.5 cm³/mol. The van der Waals surface area contributed by atoms with E-state index in [1.54, 1.807) is 0 Å². The summed E-state index contributed by atoms with van der Waals surface area (Å²) in [5.74, 6) is 0. The summed E-state index contributed by atoms with van der Waals surface area (Å²) >= 11 is 6.39. The molecule has 3 rings (SSSR count). The Balaban J connectivity index is 2.15. The molecule has 0 aliphatic carbocycles. The van der Waals surface area contributed by atoms with Gasteiger partial charge in [0.25, 0.3) is 0 Å². The van der Waals surface area contributed by atoms with Gasteiger partial charge in [0, 0.05) is 23.3 Å². The van der Waals surface area contributed by atoms with Crippen LogP contribution in [0.25, 0.3) is 10.9 Å². The number of benzene rings is 2. The van der Waals surface area contributed by atoms with Crippen LogP contribution in [0.2, 0.25) is 5.02 Å². The number of aliphatic hydroxyl groups is 1. The van der Waals surface area contributed by atoms with Crippen molar-refractivity contribution in [2.24, 2.45) is 0 Å². The van der Waals surface area contributed by atoms with Crippen LogP contribution in [0, 0.1) is 0 Å². The van der Waals surface area contributed by atoms with Gasteiger partial charge < -0.3 is 15.0 Å². The molecule has 2 atom stereocenters. The number of rotatable bonds is 5. The van der Waals surface area contributed by atoms with E-state index in [-0.39, 0.29) is 6.04 Å².